The quantitative estimate of drug-likeness (QED) is 0.396. The van der Waals surface area contributed by atoms with Gasteiger partial charge in [-0.1, -0.05) is 13.0 Å². The molecule has 7 heteroatoms. The van der Waals surface area contributed by atoms with Gasteiger partial charge in [-0.15, -0.1) is 0 Å². The number of carbonyl (C=O) groups is 1. The summed E-state index contributed by atoms with van der Waals surface area (Å²) in [4.78, 5) is 28.2. The first kappa shape index (κ1) is 19.2. The highest BCUT2D eigenvalue weighted by Gasteiger charge is 2.15. The van der Waals surface area contributed by atoms with Crippen molar-refractivity contribution in [2.75, 3.05) is 13.7 Å². The first-order chi connectivity index (χ1) is 13.5. The van der Waals surface area contributed by atoms with Crippen LogP contribution in [0.3, 0.4) is 0 Å². The fourth-order valence-corrected chi connectivity index (χ4v) is 2.57. The van der Waals surface area contributed by atoms with Gasteiger partial charge < -0.3 is 19.0 Å². The van der Waals surface area contributed by atoms with Crippen LogP contribution in [0.1, 0.15) is 29.3 Å². The highest BCUT2D eigenvalue weighted by atomic mass is 16.5. The van der Waals surface area contributed by atoms with Crippen molar-refractivity contribution >= 4 is 28.8 Å². The molecule has 1 heterocycles. The van der Waals surface area contributed by atoms with Crippen LogP contribution >= 0.6 is 0 Å². The molecule has 0 saturated carbocycles. The Kier molecular flexibility index (Phi) is 5.74. The maximum absolute atomic E-state index is 12.3. The lowest BCUT2D eigenvalue weighted by molar-refractivity contribution is 0.0505. The lowest BCUT2D eigenvalue weighted by Crippen LogP contribution is -2.07. The zero-order chi connectivity index (χ0) is 20.1. The largest absolute Gasteiger partial charge is 0.506 e. The van der Waals surface area contributed by atoms with Gasteiger partial charge in [-0.3, -0.25) is 4.99 Å². The average Bonchev–Trinajstić information content (AvgIpc) is 2.72. The van der Waals surface area contributed by atoms with Crippen molar-refractivity contribution < 1.29 is 23.8 Å². The van der Waals surface area contributed by atoms with Gasteiger partial charge in [0.1, 0.15) is 11.3 Å². The van der Waals surface area contributed by atoms with Crippen LogP contribution in [0.15, 0.2) is 56.7 Å². The molecule has 0 atom stereocenters. The maximum Gasteiger partial charge on any atom is 0.349 e. The number of fused-ring (bicyclic) bond motifs is 1. The zero-order valence-corrected chi connectivity index (χ0v) is 15.5. The van der Waals surface area contributed by atoms with E-state index in [0.717, 1.165) is 6.42 Å². The Morgan fingerprint density at radius 3 is 2.64 bits per heavy atom. The fourth-order valence-electron chi connectivity index (χ4n) is 2.57. The van der Waals surface area contributed by atoms with Crippen molar-refractivity contribution in [2.24, 2.45) is 4.99 Å². The fraction of sp³-hybridized carbons (Fsp3) is 0.190. The second-order valence-corrected chi connectivity index (χ2v) is 5.93. The van der Waals surface area contributed by atoms with Crippen LogP contribution in [-0.2, 0) is 4.74 Å². The number of hydrogen-bond acceptors (Lipinski definition) is 7. The molecule has 3 aromatic rings. The second-order valence-electron chi connectivity index (χ2n) is 5.93. The van der Waals surface area contributed by atoms with Crippen molar-refractivity contribution in [3.8, 4) is 11.5 Å². The second kappa shape index (κ2) is 8.39. The van der Waals surface area contributed by atoms with Crippen LogP contribution in [0.4, 0.5) is 5.69 Å². The standard InChI is InChI=1S/C21H19NO6/c1-3-11-27-20(24)13-7-9-14(10-8-13)22-12-16-18(23)15-5-4-6-17(26-2)19(15)28-21(16)25/h4-10,12,23H,3,11H2,1-2H3. The number of aliphatic imine (C=N–C) groups is 1. The minimum Gasteiger partial charge on any atom is -0.506 e. The van der Waals surface area contributed by atoms with Crippen molar-refractivity contribution in [3.63, 3.8) is 0 Å². The first-order valence-electron chi connectivity index (χ1n) is 8.69. The number of esters is 1. The number of carbonyl (C=O) groups excluding carboxylic acids is 1. The number of methoxy groups -OCH3 is 1. The van der Waals surface area contributed by atoms with E-state index in [1.54, 1.807) is 42.5 Å². The summed E-state index contributed by atoms with van der Waals surface area (Å²) in [7, 11) is 1.45. The van der Waals surface area contributed by atoms with Gasteiger partial charge in [-0.2, -0.15) is 0 Å². The molecule has 0 amide bonds. The van der Waals surface area contributed by atoms with E-state index in [1.165, 1.54) is 13.3 Å². The average molecular weight is 381 g/mol. The number of aromatic hydroxyl groups is 1. The minimum absolute atomic E-state index is 0.0767. The number of hydrogen-bond donors (Lipinski definition) is 1. The number of rotatable bonds is 6. The summed E-state index contributed by atoms with van der Waals surface area (Å²) in [5, 5.41) is 10.8. The summed E-state index contributed by atoms with van der Waals surface area (Å²) in [5.74, 6) is -0.299. The molecule has 0 aliphatic carbocycles. The molecule has 0 fully saturated rings. The van der Waals surface area contributed by atoms with E-state index in [4.69, 9.17) is 13.9 Å². The highest BCUT2D eigenvalue weighted by molar-refractivity contribution is 5.96. The Labute approximate surface area is 160 Å². The lowest BCUT2D eigenvalue weighted by Gasteiger charge is -2.06. The lowest BCUT2D eigenvalue weighted by atomic mass is 10.1. The van der Waals surface area contributed by atoms with E-state index in [9.17, 15) is 14.7 Å². The van der Waals surface area contributed by atoms with E-state index in [-0.39, 0.29) is 16.9 Å². The molecule has 144 valence electrons. The summed E-state index contributed by atoms with van der Waals surface area (Å²) < 4.78 is 15.5. The molecular weight excluding hydrogens is 362 g/mol. The number of benzene rings is 2. The molecule has 3 rings (SSSR count). The number of ether oxygens (including phenoxy) is 2. The summed E-state index contributed by atoms with van der Waals surface area (Å²) in [5.41, 5.74) is 0.258. The van der Waals surface area contributed by atoms with Gasteiger partial charge in [-0.25, -0.2) is 9.59 Å². The van der Waals surface area contributed by atoms with Crippen LogP contribution < -0.4 is 10.4 Å². The van der Waals surface area contributed by atoms with E-state index in [1.807, 2.05) is 6.92 Å². The molecule has 1 N–H and O–H groups in total. The molecule has 0 saturated heterocycles. The molecule has 28 heavy (non-hydrogen) atoms. The Balaban J connectivity index is 1.89. The van der Waals surface area contributed by atoms with Crippen LogP contribution in [0.2, 0.25) is 0 Å². The van der Waals surface area contributed by atoms with Gasteiger partial charge in [0.05, 0.1) is 30.4 Å². The molecule has 0 aliphatic heterocycles. The van der Waals surface area contributed by atoms with E-state index in [0.29, 0.717) is 29.0 Å². The van der Waals surface area contributed by atoms with Gasteiger partial charge in [0.25, 0.3) is 0 Å². The predicted octanol–water partition coefficient (Wildman–Crippen LogP) is 3.82. The highest BCUT2D eigenvalue weighted by Crippen LogP contribution is 2.31. The van der Waals surface area contributed by atoms with Gasteiger partial charge in [0, 0.05) is 6.21 Å². The third kappa shape index (κ3) is 3.88. The van der Waals surface area contributed by atoms with Gasteiger partial charge in [-0.05, 0) is 42.8 Å². The smallest absolute Gasteiger partial charge is 0.349 e. The van der Waals surface area contributed by atoms with E-state index < -0.39 is 11.6 Å². The van der Waals surface area contributed by atoms with Crippen molar-refractivity contribution in [3.05, 3.63) is 64.0 Å². The molecular formula is C21H19NO6. The van der Waals surface area contributed by atoms with Crippen LogP contribution in [0, 0.1) is 0 Å². The van der Waals surface area contributed by atoms with Crippen molar-refractivity contribution in [2.45, 2.75) is 13.3 Å². The van der Waals surface area contributed by atoms with E-state index in [2.05, 4.69) is 4.99 Å². The van der Waals surface area contributed by atoms with Crippen LogP contribution in [0.25, 0.3) is 11.0 Å². The monoisotopic (exact) mass is 381 g/mol. The van der Waals surface area contributed by atoms with Crippen LogP contribution in [-0.4, -0.2) is 31.0 Å². The third-order valence-corrected chi connectivity index (χ3v) is 4.01. The topological polar surface area (TPSA) is 98.3 Å². The Bertz CT molecular complexity index is 1080. The molecule has 0 bridgehead atoms. The maximum atomic E-state index is 12.3. The Morgan fingerprint density at radius 2 is 1.96 bits per heavy atom. The molecule has 1 aromatic heterocycles. The van der Waals surface area contributed by atoms with E-state index >= 15 is 0 Å². The number of nitrogens with zero attached hydrogens (tertiary/aromatic N) is 1. The minimum atomic E-state index is -0.738. The molecule has 0 radical (unpaired) electrons. The zero-order valence-electron chi connectivity index (χ0n) is 15.5. The Morgan fingerprint density at radius 1 is 1.21 bits per heavy atom. The third-order valence-electron chi connectivity index (χ3n) is 4.01. The predicted molar refractivity (Wildman–Crippen MR) is 105 cm³/mol. The summed E-state index contributed by atoms with van der Waals surface area (Å²) in [6, 6.07) is 11.3. The molecule has 7 nitrogen and oxygen atoms in total. The summed E-state index contributed by atoms with van der Waals surface area (Å²) >= 11 is 0. The SMILES string of the molecule is CCCOC(=O)c1ccc(N=Cc2c(O)c3cccc(OC)c3oc2=O)cc1. The van der Waals surface area contributed by atoms with Gasteiger partial charge >= 0.3 is 11.6 Å². The van der Waals surface area contributed by atoms with Crippen molar-refractivity contribution in [1.82, 2.24) is 0 Å². The summed E-state index contributed by atoms with van der Waals surface area (Å²) in [6.45, 7) is 2.28. The summed E-state index contributed by atoms with van der Waals surface area (Å²) in [6.07, 6.45) is 1.97. The normalized spacial score (nSPS) is 11.1. The molecule has 2 aromatic carbocycles. The van der Waals surface area contributed by atoms with Crippen molar-refractivity contribution in [1.29, 1.82) is 0 Å². The first-order valence-corrected chi connectivity index (χ1v) is 8.69. The van der Waals surface area contributed by atoms with Gasteiger partial charge in [0.2, 0.25) is 0 Å². The Hall–Kier alpha value is -3.61. The molecule has 0 spiro atoms. The van der Waals surface area contributed by atoms with Gasteiger partial charge in [0.15, 0.2) is 11.3 Å². The number of para-hydroxylation sites is 1. The molecule has 0 aliphatic rings. The molecule has 0 unspecified atom stereocenters. The van der Waals surface area contributed by atoms with Crippen LogP contribution in [0.5, 0.6) is 11.5 Å².